The first kappa shape index (κ1) is 32.9. The van der Waals surface area contributed by atoms with E-state index in [0.717, 1.165) is 59.0 Å². The molecule has 0 bridgehead atoms. The molecule has 4 rings (SSSR count). The number of fused-ring (bicyclic) bond motifs is 1. The molecule has 0 aliphatic rings. The third kappa shape index (κ3) is 8.14. The summed E-state index contributed by atoms with van der Waals surface area (Å²) >= 11 is 0. The number of nitrogens with zero attached hydrogens (tertiary/aromatic N) is 1. The molecule has 0 saturated carbocycles. The summed E-state index contributed by atoms with van der Waals surface area (Å²) in [5, 5.41) is 4.21. The van der Waals surface area contributed by atoms with Crippen molar-refractivity contribution in [1.29, 1.82) is 0 Å². The van der Waals surface area contributed by atoms with Gasteiger partial charge in [0.25, 0.3) is 0 Å². The molecule has 0 aliphatic carbocycles. The number of unbranched alkanes of at least 4 members (excludes halogenated alkanes) is 1. The van der Waals surface area contributed by atoms with Crippen LogP contribution < -0.4 is 5.32 Å². The van der Waals surface area contributed by atoms with Gasteiger partial charge in [-0.2, -0.15) is 0 Å². The molecule has 2 unspecified atom stereocenters. The molecule has 2 atom stereocenters. The second-order valence-corrected chi connectivity index (χ2v) is 11.8. The van der Waals surface area contributed by atoms with E-state index < -0.39 is 5.54 Å². The van der Waals surface area contributed by atoms with Gasteiger partial charge in [-0.05, 0) is 72.7 Å². The molecule has 1 aromatic heterocycles. The number of ether oxygens (including phenoxy) is 1. The van der Waals surface area contributed by atoms with Gasteiger partial charge in [0.15, 0.2) is 0 Å². The quantitative estimate of drug-likeness (QED) is 0.140. The maximum absolute atomic E-state index is 14.4. The standard InChI is InChI=1S/C37H46FN3O3/c1-5-7-24-41(3)36(43)37(23-22-30(44-4)13-6-2,26-27-14-9-8-10-15-27)40-34(42)25-32-31-16-11-12-17-33(31)39-35(32)28-18-20-29(38)21-19-28/h8-12,14-21,30,39H,5-7,13,22-26H2,1-4H3,(H,40,42). The Bertz CT molecular complexity index is 1500. The summed E-state index contributed by atoms with van der Waals surface area (Å²) in [5.74, 6) is -0.652. The number of para-hydroxylation sites is 1. The van der Waals surface area contributed by atoms with Gasteiger partial charge in [0, 0.05) is 38.0 Å². The zero-order chi connectivity index (χ0) is 31.5. The summed E-state index contributed by atoms with van der Waals surface area (Å²) in [6.07, 6.45) is 5.18. The average Bonchev–Trinajstić information content (AvgIpc) is 3.40. The molecule has 0 saturated heterocycles. The van der Waals surface area contributed by atoms with Gasteiger partial charge in [0.2, 0.25) is 11.8 Å². The van der Waals surface area contributed by atoms with Crippen molar-refractivity contribution < 1.29 is 18.7 Å². The third-order valence-electron chi connectivity index (χ3n) is 8.45. The molecule has 1 heterocycles. The monoisotopic (exact) mass is 599 g/mol. The van der Waals surface area contributed by atoms with E-state index in [4.69, 9.17) is 4.74 Å². The van der Waals surface area contributed by atoms with Gasteiger partial charge in [-0.25, -0.2) is 4.39 Å². The SMILES string of the molecule is CCCCN(C)C(=O)C(CCC(CCC)OC)(Cc1ccccc1)NC(=O)Cc1c(-c2ccc(F)cc2)[nH]c2ccccc12. The summed E-state index contributed by atoms with van der Waals surface area (Å²) in [6, 6.07) is 24.0. The lowest BCUT2D eigenvalue weighted by atomic mass is 9.83. The first-order valence-electron chi connectivity index (χ1n) is 15.8. The van der Waals surface area contributed by atoms with Gasteiger partial charge >= 0.3 is 0 Å². The van der Waals surface area contributed by atoms with Crippen molar-refractivity contribution in [2.45, 2.75) is 76.9 Å². The fourth-order valence-electron chi connectivity index (χ4n) is 6.07. The van der Waals surface area contributed by atoms with Crippen molar-refractivity contribution in [1.82, 2.24) is 15.2 Å². The molecular formula is C37H46FN3O3. The van der Waals surface area contributed by atoms with Crippen LogP contribution in [0.3, 0.4) is 0 Å². The molecule has 0 fully saturated rings. The molecule has 6 nitrogen and oxygen atoms in total. The maximum Gasteiger partial charge on any atom is 0.248 e. The lowest BCUT2D eigenvalue weighted by Gasteiger charge is -2.38. The van der Waals surface area contributed by atoms with Crippen LogP contribution in [-0.2, 0) is 27.2 Å². The molecule has 7 heteroatoms. The minimum atomic E-state index is -1.16. The Morgan fingerprint density at radius 3 is 2.34 bits per heavy atom. The van der Waals surface area contributed by atoms with Crippen LogP contribution in [0.2, 0.25) is 0 Å². The average molecular weight is 600 g/mol. The number of carbonyl (C=O) groups excluding carboxylic acids is 2. The third-order valence-corrected chi connectivity index (χ3v) is 8.45. The van der Waals surface area contributed by atoms with Gasteiger partial charge < -0.3 is 19.9 Å². The number of hydrogen-bond acceptors (Lipinski definition) is 3. The zero-order valence-electron chi connectivity index (χ0n) is 26.5. The number of amides is 2. The summed E-state index contributed by atoms with van der Waals surface area (Å²) in [5.41, 5.74) is 3.08. The predicted octanol–water partition coefficient (Wildman–Crippen LogP) is 7.47. The molecule has 4 aromatic rings. The van der Waals surface area contributed by atoms with E-state index in [-0.39, 0.29) is 30.2 Å². The minimum absolute atomic E-state index is 0.0144. The van der Waals surface area contributed by atoms with E-state index in [1.165, 1.54) is 12.1 Å². The molecule has 234 valence electrons. The van der Waals surface area contributed by atoms with Crippen LogP contribution in [0.25, 0.3) is 22.2 Å². The minimum Gasteiger partial charge on any atom is -0.381 e. The summed E-state index contributed by atoms with van der Waals surface area (Å²) in [6.45, 7) is 4.83. The summed E-state index contributed by atoms with van der Waals surface area (Å²) in [7, 11) is 3.54. The number of hydrogen-bond donors (Lipinski definition) is 2. The lowest BCUT2D eigenvalue weighted by molar-refractivity contribution is -0.141. The Morgan fingerprint density at radius 2 is 1.66 bits per heavy atom. The fraction of sp³-hybridized carbons (Fsp3) is 0.405. The van der Waals surface area contributed by atoms with Crippen LogP contribution in [0.4, 0.5) is 4.39 Å². The lowest BCUT2D eigenvalue weighted by Crippen LogP contribution is -2.61. The smallest absolute Gasteiger partial charge is 0.248 e. The molecule has 0 spiro atoms. The van der Waals surface area contributed by atoms with Gasteiger partial charge in [-0.1, -0.05) is 75.2 Å². The van der Waals surface area contributed by atoms with Crippen LogP contribution in [0.15, 0.2) is 78.9 Å². The van der Waals surface area contributed by atoms with Gasteiger partial charge in [-0.15, -0.1) is 0 Å². The molecule has 2 N–H and O–H groups in total. The highest BCUT2D eigenvalue weighted by Gasteiger charge is 2.42. The molecule has 3 aromatic carbocycles. The molecular weight excluding hydrogens is 553 g/mol. The van der Waals surface area contributed by atoms with Crippen LogP contribution in [0.1, 0.15) is 63.5 Å². The Labute approximate surface area is 261 Å². The van der Waals surface area contributed by atoms with Crippen LogP contribution in [0.5, 0.6) is 0 Å². The van der Waals surface area contributed by atoms with Crippen molar-refractivity contribution in [3.63, 3.8) is 0 Å². The number of carbonyl (C=O) groups is 2. The van der Waals surface area contributed by atoms with E-state index in [0.29, 0.717) is 25.8 Å². The van der Waals surface area contributed by atoms with E-state index >= 15 is 0 Å². The second-order valence-electron chi connectivity index (χ2n) is 11.8. The molecule has 44 heavy (non-hydrogen) atoms. The molecule has 0 aliphatic heterocycles. The van der Waals surface area contributed by atoms with E-state index in [1.54, 1.807) is 24.1 Å². The number of aromatic nitrogens is 1. The zero-order valence-corrected chi connectivity index (χ0v) is 26.5. The largest absolute Gasteiger partial charge is 0.381 e. The number of H-pyrrole nitrogens is 1. The second kappa shape index (κ2) is 15.7. The number of benzene rings is 3. The van der Waals surface area contributed by atoms with Crippen molar-refractivity contribution in [3.8, 4) is 11.3 Å². The van der Waals surface area contributed by atoms with Gasteiger partial charge in [-0.3, -0.25) is 9.59 Å². The highest BCUT2D eigenvalue weighted by molar-refractivity contribution is 5.97. The maximum atomic E-state index is 14.4. The van der Waals surface area contributed by atoms with E-state index in [1.807, 2.05) is 61.6 Å². The van der Waals surface area contributed by atoms with Crippen LogP contribution >= 0.6 is 0 Å². The molecule has 2 amide bonds. The number of nitrogens with one attached hydrogen (secondary N) is 2. The molecule has 0 radical (unpaired) electrons. The van der Waals surface area contributed by atoms with E-state index in [2.05, 4.69) is 24.1 Å². The predicted molar refractivity (Wildman–Crippen MR) is 176 cm³/mol. The van der Waals surface area contributed by atoms with Gasteiger partial charge in [0.1, 0.15) is 11.4 Å². The number of halogens is 1. The van der Waals surface area contributed by atoms with Crippen molar-refractivity contribution in [2.75, 3.05) is 20.7 Å². The Balaban J connectivity index is 1.74. The Morgan fingerprint density at radius 1 is 0.955 bits per heavy atom. The number of rotatable bonds is 16. The fourth-order valence-corrected chi connectivity index (χ4v) is 6.07. The Hall–Kier alpha value is -3.97. The normalized spacial score (nSPS) is 13.4. The highest BCUT2D eigenvalue weighted by Crippen LogP contribution is 2.32. The van der Waals surface area contributed by atoms with Crippen molar-refractivity contribution in [3.05, 3.63) is 95.8 Å². The number of likely N-dealkylation sites (N-methyl/N-ethyl adjacent to an activating group) is 1. The van der Waals surface area contributed by atoms with Crippen LogP contribution in [-0.4, -0.2) is 54.0 Å². The van der Waals surface area contributed by atoms with Crippen molar-refractivity contribution >= 4 is 22.7 Å². The first-order chi connectivity index (χ1) is 21.3. The highest BCUT2D eigenvalue weighted by atomic mass is 19.1. The van der Waals surface area contributed by atoms with Gasteiger partial charge in [0.05, 0.1) is 18.2 Å². The summed E-state index contributed by atoms with van der Waals surface area (Å²) in [4.78, 5) is 33.8. The number of methoxy groups -OCH3 is 1. The summed E-state index contributed by atoms with van der Waals surface area (Å²) < 4.78 is 19.6. The van der Waals surface area contributed by atoms with Crippen LogP contribution in [0, 0.1) is 5.82 Å². The first-order valence-corrected chi connectivity index (χ1v) is 15.8. The van der Waals surface area contributed by atoms with E-state index in [9.17, 15) is 14.0 Å². The van der Waals surface area contributed by atoms with Crippen molar-refractivity contribution in [2.24, 2.45) is 0 Å². The Kier molecular flexibility index (Phi) is 11.7. The number of aromatic amines is 1. The topological polar surface area (TPSA) is 74.4 Å².